The lowest BCUT2D eigenvalue weighted by Crippen LogP contribution is -2.36. The molecule has 0 radical (unpaired) electrons. The summed E-state index contributed by atoms with van der Waals surface area (Å²) in [5.41, 5.74) is 0. The summed E-state index contributed by atoms with van der Waals surface area (Å²) in [6.45, 7) is 4.48. The maximum Gasteiger partial charge on any atom is 0.243 e. The van der Waals surface area contributed by atoms with Gasteiger partial charge in [0.25, 0.3) is 0 Å². The predicted octanol–water partition coefficient (Wildman–Crippen LogP) is 0.560. The van der Waals surface area contributed by atoms with Gasteiger partial charge < -0.3 is 5.32 Å². The van der Waals surface area contributed by atoms with E-state index in [-0.39, 0.29) is 0 Å². The summed E-state index contributed by atoms with van der Waals surface area (Å²) in [4.78, 5) is 11.6. The molecule has 0 saturated heterocycles. The Morgan fingerprint density at radius 1 is 1.44 bits per heavy atom. The Morgan fingerprint density at radius 2 is 2.06 bits per heavy atom. The molecule has 0 spiro atoms. The van der Waals surface area contributed by atoms with E-state index in [2.05, 4.69) is 15.5 Å². The van der Waals surface area contributed by atoms with Gasteiger partial charge in [0, 0.05) is 6.07 Å². The smallest absolute Gasteiger partial charge is 0.243 e. The van der Waals surface area contributed by atoms with Crippen molar-refractivity contribution in [3.63, 3.8) is 0 Å². The molecule has 1 aromatic rings. The molecule has 1 aromatic heterocycles. The number of rotatable bonds is 4. The number of aromatic nitrogens is 2. The fourth-order valence-corrected chi connectivity index (χ4v) is 2.29. The molecule has 1 amide bonds. The number of nitrogens with one attached hydrogen (secondary N) is 2. The minimum Gasteiger partial charge on any atom is -0.310 e. The Hall–Kier alpha value is -1.37. The van der Waals surface area contributed by atoms with Gasteiger partial charge in [0.05, 0.1) is 11.4 Å². The summed E-state index contributed by atoms with van der Waals surface area (Å²) in [5, 5.41) is 6.97. The van der Waals surface area contributed by atoms with Gasteiger partial charge in [-0.15, -0.1) is 0 Å². The largest absolute Gasteiger partial charge is 0.310 e. The monoisotopic (exact) mass is 245 g/mol. The fourth-order valence-electron chi connectivity index (χ4n) is 1.12. The van der Waals surface area contributed by atoms with E-state index >= 15 is 0 Å². The summed E-state index contributed by atoms with van der Waals surface area (Å²) in [6, 6.07) is 1.55. The van der Waals surface area contributed by atoms with Gasteiger partial charge in [-0.1, -0.05) is 0 Å². The van der Waals surface area contributed by atoms with Crippen molar-refractivity contribution in [2.45, 2.75) is 31.3 Å². The number of hydrogen-bond donors (Lipinski definition) is 2. The van der Waals surface area contributed by atoms with Crippen molar-refractivity contribution in [2.24, 2.45) is 0 Å². The van der Waals surface area contributed by atoms with Gasteiger partial charge in [-0.2, -0.15) is 5.10 Å². The number of sulfone groups is 1. The van der Waals surface area contributed by atoms with Crippen molar-refractivity contribution in [2.75, 3.05) is 5.32 Å². The van der Waals surface area contributed by atoms with Crippen molar-refractivity contribution >= 4 is 21.6 Å². The quantitative estimate of drug-likeness (QED) is 0.810. The van der Waals surface area contributed by atoms with Gasteiger partial charge in [-0.3, -0.25) is 9.89 Å². The van der Waals surface area contributed by atoms with Crippen molar-refractivity contribution in [3.8, 4) is 0 Å². The Kier molecular flexibility index (Phi) is 3.69. The second-order valence-corrected chi connectivity index (χ2v) is 6.57. The first-order valence-electron chi connectivity index (χ1n) is 4.88. The van der Waals surface area contributed by atoms with E-state index in [0.717, 1.165) is 0 Å². The number of carbonyl (C=O) groups is 1. The van der Waals surface area contributed by atoms with E-state index < -0.39 is 26.2 Å². The lowest BCUT2D eigenvalue weighted by atomic mass is 10.4. The van der Waals surface area contributed by atoms with Crippen LogP contribution in [0.5, 0.6) is 0 Å². The maximum absolute atomic E-state index is 11.7. The Balaban J connectivity index is 2.76. The molecule has 1 atom stereocenters. The van der Waals surface area contributed by atoms with E-state index in [1.807, 2.05) is 0 Å². The molecule has 0 saturated carbocycles. The minimum atomic E-state index is -3.43. The van der Waals surface area contributed by atoms with E-state index in [1.165, 1.54) is 13.1 Å². The number of amides is 1. The highest BCUT2D eigenvalue weighted by molar-refractivity contribution is 7.93. The first-order chi connectivity index (χ1) is 7.35. The zero-order valence-electron chi connectivity index (χ0n) is 9.39. The van der Waals surface area contributed by atoms with Crippen LogP contribution in [0.15, 0.2) is 12.3 Å². The van der Waals surface area contributed by atoms with Crippen LogP contribution in [0.4, 0.5) is 5.82 Å². The second-order valence-electron chi connectivity index (χ2n) is 3.74. The number of H-pyrrole nitrogens is 1. The maximum atomic E-state index is 11.7. The van der Waals surface area contributed by atoms with Crippen LogP contribution < -0.4 is 5.32 Å². The zero-order valence-corrected chi connectivity index (χ0v) is 10.2. The van der Waals surface area contributed by atoms with Crippen molar-refractivity contribution in [1.29, 1.82) is 0 Å². The number of nitrogens with zero attached hydrogens (tertiary/aromatic N) is 1. The molecule has 0 unspecified atom stereocenters. The third kappa shape index (κ3) is 2.60. The number of aromatic amines is 1. The molecule has 16 heavy (non-hydrogen) atoms. The molecule has 2 N–H and O–H groups in total. The predicted molar refractivity (Wildman–Crippen MR) is 60.7 cm³/mol. The Bertz CT molecular complexity index is 450. The average Bonchev–Trinajstić information content (AvgIpc) is 2.68. The Labute approximate surface area is 94.4 Å². The van der Waals surface area contributed by atoms with Gasteiger partial charge in [0.1, 0.15) is 11.1 Å². The summed E-state index contributed by atoms with van der Waals surface area (Å²) in [7, 11) is -3.43. The molecule has 0 aliphatic rings. The molecular weight excluding hydrogens is 230 g/mol. The standard InChI is InChI=1S/C9H15N3O3S/c1-6(2)16(14,15)7(3)9(13)11-8-4-5-10-12-8/h4-7H,1-3H3,(H2,10,11,12,13)/t7-/m0/s1. The average molecular weight is 245 g/mol. The molecule has 0 fully saturated rings. The summed E-state index contributed by atoms with van der Waals surface area (Å²) in [6.07, 6.45) is 1.47. The molecule has 0 aliphatic carbocycles. The van der Waals surface area contributed by atoms with E-state index in [1.54, 1.807) is 19.9 Å². The topological polar surface area (TPSA) is 91.9 Å². The van der Waals surface area contributed by atoms with Crippen LogP contribution in [0, 0.1) is 0 Å². The summed E-state index contributed by atoms with van der Waals surface area (Å²) in [5.74, 6) is -0.172. The van der Waals surface area contributed by atoms with Gasteiger partial charge in [0.15, 0.2) is 9.84 Å². The van der Waals surface area contributed by atoms with Crippen LogP contribution >= 0.6 is 0 Å². The summed E-state index contributed by atoms with van der Waals surface area (Å²) >= 11 is 0. The van der Waals surface area contributed by atoms with E-state index in [0.29, 0.717) is 5.82 Å². The number of carbonyl (C=O) groups excluding carboxylic acids is 1. The Morgan fingerprint density at radius 3 is 2.50 bits per heavy atom. The number of anilines is 1. The first kappa shape index (κ1) is 12.7. The molecule has 1 rings (SSSR count). The third-order valence-corrected chi connectivity index (χ3v) is 4.79. The summed E-state index contributed by atoms with van der Waals surface area (Å²) < 4.78 is 23.4. The van der Waals surface area contributed by atoms with Gasteiger partial charge in [-0.05, 0) is 20.8 Å². The van der Waals surface area contributed by atoms with Gasteiger partial charge >= 0.3 is 0 Å². The van der Waals surface area contributed by atoms with E-state index in [4.69, 9.17) is 0 Å². The molecule has 0 aliphatic heterocycles. The van der Waals surface area contributed by atoms with Crippen molar-refractivity contribution in [1.82, 2.24) is 10.2 Å². The van der Waals surface area contributed by atoms with Crippen LogP contribution in [0.2, 0.25) is 0 Å². The lowest BCUT2D eigenvalue weighted by Gasteiger charge is -2.14. The van der Waals surface area contributed by atoms with Gasteiger partial charge in [0.2, 0.25) is 5.91 Å². The van der Waals surface area contributed by atoms with Crippen LogP contribution in [0.3, 0.4) is 0 Å². The molecule has 6 nitrogen and oxygen atoms in total. The van der Waals surface area contributed by atoms with Crippen molar-refractivity contribution in [3.05, 3.63) is 12.3 Å². The highest BCUT2D eigenvalue weighted by atomic mass is 32.2. The lowest BCUT2D eigenvalue weighted by molar-refractivity contribution is -0.115. The second kappa shape index (κ2) is 4.65. The van der Waals surface area contributed by atoms with Crippen LogP contribution in [0.25, 0.3) is 0 Å². The molecule has 1 heterocycles. The van der Waals surface area contributed by atoms with Crippen LogP contribution in [-0.2, 0) is 14.6 Å². The van der Waals surface area contributed by atoms with E-state index in [9.17, 15) is 13.2 Å². The fraction of sp³-hybridized carbons (Fsp3) is 0.556. The highest BCUT2D eigenvalue weighted by Crippen LogP contribution is 2.11. The zero-order chi connectivity index (χ0) is 12.3. The molecule has 7 heteroatoms. The first-order valence-corrected chi connectivity index (χ1v) is 6.49. The number of hydrogen-bond acceptors (Lipinski definition) is 4. The molecule has 0 bridgehead atoms. The molecular formula is C9H15N3O3S. The van der Waals surface area contributed by atoms with Crippen molar-refractivity contribution < 1.29 is 13.2 Å². The SMILES string of the molecule is CC(C)S(=O)(=O)[C@@H](C)C(=O)Nc1ccn[nH]1. The highest BCUT2D eigenvalue weighted by Gasteiger charge is 2.30. The van der Waals surface area contributed by atoms with Gasteiger partial charge in [-0.25, -0.2) is 8.42 Å². The minimum absolute atomic E-state index is 0.385. The third-order valence-electron chi connectivity index (χ3n) is 2.28. The molecule has 90 valence electrons. The normalized spacial score (nSPS) is 13.8. The van der Waals surface area contributed by atoms with Crippen LogP contribution in [0.1, 0.15) is 20.8 Å². The van der Waals surface area contributed by atoms with Crippen LogP contribution in [-0.4, -0.2) is 35.0 Å². The molecule has 0 aromatic carbocycles.